The summed E-state index contributed by atoms with van der Waals surface area (Å²) in [6.45, 7) is 2.03. The number of amides is 3. The standard InChI is InChI=1S/C37H44N4O7/c1-37(25-27-16-7-3-8-17-27,40-32(42)29(38)20-11-12-23-48-35(46)28-18-9-4-10-19-28)36(47)39-30(24-26-14-5-2-6-15-26)33(43)41-22-13-21-31(41)34(44)45/h2-10,14-19,29-31H,11-13,20-25,38H2,1H3,(H,39,47)(H,40,42)(H,44,45)/t29-,30?,31+,37-/m0/s1. The van der Waals surface area contributed by atoms with Crippen LogP contribution in [0.25, 0.3) is 0 Å². The largest absolute Gasteiger partial charge is 0.480 e. The Kier molecular flexibility index (Phi) is 12.8. The van der Waals surface area contributed by atoms with Crippen LogP contribution >= 0.6 is 0 Å². The van der Waals surface area contributed by atoms with Crippen molar-refractivity contribution in [3.05, 3.63) is 108 Å². The van der Waals surface area contributed by atoms with E-state index in [9.17, 15) is 29.1 Å². The van der Waals surface area contributed by atoms with E-state index in [-0.39, 0.29) is 26.0 Å². The number of likely N-dealkylation sites (tertiary alicyclic amines) is 1. The summed E-state index contributed by atoms with van der Waals surface area (Å²) in [4.78, 5) is 66.7. The predicted octanol–water partition coefficient (Wildman–Crippen LogP) is 3.26. The van der Waals surface area contributed by atoms with Crippen molar-refractivity contribution in [2.45, 2.75) is 75.5 Å². The van der Waals surface area contributed by atoms with Gasteiger partial charge in [-0.3, -0.25) is 14.4 Å². The molecule has 48 heavy (non-hydrogen) atoms. The molecule has 1 fully saturated rings. The molecule has 4 rings (SSSR count). The summed E-state index contributed by atoms with van der Waals surface area (Å²) in [6, 6.07) is 24.0. The molecule has 1 heterocycles. The predicted molar refractivity (Wildman–Crippen MR) is 180 cm³/mol. The topological polar surface area (TPSA) is 168 Å². The summed E-state index contributed by atoms with van der Waals surface area (Å²) in [7, 11) is 0. The van der Waals surface area contributed by atoms with E-state index < -0.39 is 53.3 Å². The van der Waals surface area contributed by atoms with E-state index in [0.717, 1.165) is 11.1 Å². The van der Waals surface area contributed by atoms with Crippen molar-refractivity contribution in [1.29, 1.82) is 0 Å². The van der Waals surface area contributed by atoms with Gasteiger partial charge >= 0.3 is 11.9 Å². The van der Waals surface area contributed by atoms with Crippen molar-refractivity contribution >= 4 is 29.7 Å². The zero-order valence-electron chi connectivity index (χ0n) is 27.2. The summed E-state index contributed by atoms with van der Waals surface area (Å²) in [5.41, 5.74) is 6.78. The van der Waals surface area contributed by atoms with E-state index in [1.165, 1.54) is 4.90 Å². The number of carboxylic acids is 1. The minimum Gasteiger partial charge on any atom is -0.480 e. The monoisotopic (exact) mass is 656 g/mol. The van der Waals surface area contributed by atoms with E-state index in [2.05, 4.69) is 10.6 Å². The van der Waals surface area contributed by atoms with Gasteiger partial charge in [-0.1, -0.05) is 78.9 Å². The van der Waals surface area contributed by atoms with Crippen LogP contribution in [-0.4, -0.2) is 76.5 Å². The van der Waals surface area contributed by atoms with Crippen LogP contribution in [0, 0.1) is 0 Å². The van der Waals surface area contributed by atoms with Crippen LogP contribution < -0.4 is 16.4 Å². The van der Waals surface area contributed by atoms with E-state index in [4.69, 9.17) is 10.5 Å². The van der Waals surface area contributed by atoms with Gasteiger partial charge in [0.15, 0.2) is 0 Å². The molecule has 3 aromatic rings. The minimum absolute atomic E-state index is 0.112. The maximum atomic E-state index is 14.1. The fourth-order valence-electron chi connectivity index (χ4n) is 5.82. The summed E-state index contributed by atoms with van der Waals surface area (Å²) in [5.74, 6) is -3.14. The number of esters is 1. The Balaban J connectivity index is 1.44. The number of nitrogens with two attached hydrogens (primary N) is 1. The van der Waals surface area contributed by atoms with Gasteiger partial charge in [-0.05, 0) is 62.3 Å². The summed E-state index contributed by atoms with van der Waals surface area (Å²) < 4.78 is 5.31. The molecule has 3 aromatic carbocycles. The molecule has 3 amide bonds. The number of nitrogens with zero attached hydrogens (tertiary/aromatic N) is 1. The average molecular weight is 657 g/mol. The molecule has 0 bridgehead atoms. The third-order valence-corrected chi connectivity index (χ3v) is 8.50. The molecule has 254 valence electrons. The van der Waals surface area contributed by atoms with Crippen molar-refractivity contribution in [3.8, 4) is 0 Å². The van der Waals surface area contributed by atoms with Gasteiger partial charge in [0.05, 0.1) is 18.2 Å². The molecule has 0 saturated carbocycles. The molecular weight excluding hydrogens is 612 g/mol. The highest BCUT2D eigenvalue weighted by atomic mass is 16.5. The third kappa shape index (κ3) is 9.98. The van der Waals surface area contributed by atoms with Crippen molar-refractivity contribution in [2.75, 3.05) is 13.2 Å². The first-order chi connectivity index (χ1) is 23.1. The molecule has 5 N–H and O–H groups in total. The lowest BCUT2D eigenvalue weighted by molar-refractivity contribution is -0.149. The van der Waals surface area contributed by atoms with E-state index in [1.807, 2.05) is 66.7 Å². The fraction of sp³-hybridized carbons (Fsp3) is 0.378. The summed E-state index contributed by atoms with van der Waals surface area (Å²) in [6.07, 6.45) is 2.43. The van der Waals surface area contributed by atoms with Crippen molar-refractivity contribution in [3.63, 3.8) is 0 Å². The quantitative estimate of drug-likeness (QED) is 0.135. The Morgan fingerprint density at radius 2 is 1.52 bits per heavy atom. The Morgan fingerprint density at radius 1 is 0.917 bits per heavy atom. The lowest BCUT2D eigenvalue weighted by atomic mass is 9.90. The number of nitrogens with one attached hydrogen (secondary N) is 2. The molecule has 0 spiro atoms. The van der Waals surface area contributed by atoms with Gasteiger partial charge < -0.3 is 31.1 Å². The molecule has 1 saturated heterocycles. The van der Waals surface area contributed by atoms with E-state index in [1.54, 1.807) is 31.2 Å². The lowest BCUT2D eigenvalue weighted by Crippen LogP contribution is -2.64. The molecule has 11 heteroatoms. The maximum absolute atomic E-state index is 14.1. The molecule has 0 radical (unpaired) electrons. The number of carbonyl (C=O) groups excluding carboxylic acids is 4. The highest BCUT2D eigenvalue weighted by Gasteiger charge is 2.41. The molecule has 1 aliphatic heterocycles. The Labute approximate surface area is 280 Å². The molecule has 0 aromatic heterocycles. The molecule has 1 aliphatic rings. The van der Waals surface area contributed by atoms with Crippen LogP contribution in [0.1, 0.15) is 60.5 Å². The Morgan fingerprint density at radius 3 is 2.15 bits per heavy atom. The average Bonchev–Trinajstić information content (AvgIpc) is 3.59. The van der Waals surface area contributed by atoms with E-state index in [0.29, 0.717) is 37.7 Å². The maximum Gasteiger partial charge on any atom is 0.338 e. The van der Waals surface area contributed by atoms with Gasteiger partial charge in [0.1, 0.15) is 17.6 Å². The number of ether oxygens (including phenoxy) is 1. The second-order valence-electron chi connectivity index (χ2n) is 12.3. The number of rotatable bonds is 16. The molecule has 0 aliphatic carbocycles. The number of hydrogen-bond acceptors (Lipinski definition) is 7. The number of hydrogen-bond donors (Lipinski definition) is 4. The van der Waals surface area contributed by atoms with Crippen LogP contribution in [0.5, 0.6) is 0 Å². The second-order valence-corrected chi connectivity index (χ2v) is 12.3. The highest BCUT2D eigenvalue weighted by molar-refractivity contribution is 5.96. The molecular formula is C37H44N4O7. The Bertz CT molecular complexity index is 1540. The lowest BCUT2D eigenvalue weighted by Gasteiger charge is -2.34. The molecule has 1 unspecified atom stereocenters. The van der Waals surface area contributed by atoms with Gasteiger partial charge in [0, 0.05) is 19.4 Å². The zero-order chi connectivity index (χ0) is 34.5. The smallest absolute Gasteiger partial charge is 0.338 e. The highest BCUT2D eigenvalue weighted by Crippen LogP contribution is 2.21. The SMILES string of the molecule is C[C@@](Cc1ccccc1)(NC(=O)[C@@H](N)CCCCOC(=O)c1ccccc1)C(=O)NC(Cc1ccccc1)C(=O)N1CCC[C@@H]1C(=O)O. The van der Waals surface area contributed by atoms with Crippen LogP contribution in [0.4, 0.5) is 0 Å². The molecule has 11 nitrogen and oxygen atoms in total. The van der Waals surface area contributed by atoms with Gasteiger partial charge in [0.2, 0.25) is 17.7 Å². The van der Waals surface area contributed by atoms with Crippen LogP contribution in [0.2, 0.25) is 0 Å². The number of carboxylic acid groups (broad SMARTS) is 1. The minimum atomic E-state index is -1.51. The normalized spacial score (nSPS) is 16.6. The number of unbranched alkanes of at least 4 members (excludes halogenated alkanes) is 1. The van der Waals surface area contributed by atoms with Crippen molar-refractivity contribution < 1.29 is 33.8 Å². The van der Waals surface area contributed by atoms with Gasteiger partial charge in [-0.25, -0.2) is 9.59 Å². The van der Waals surface area contributed by atoms with Crippen molar-refractivity contribution in [2.24, 2.45) is 5.73 Å². The fourth-order valence-corrected chi connectivity index (χ4v) is 5.82. The second kappa shape index (κ2) is 17.2. The first kappa shape index (κ1) is 35.8. The van der Waals surface area contributed by atoms with E-state index >= 15 is 0 Å². The van der Waals surface area contributed by atoms with Crippen LogP contribution in [0.3, 0.4) is 0 Å². The van der Waals surface area contributed by atoms with Gasteiger partial charge in [-0.15, -0.1) is 0 Å². The van der Waals surface area contributed by atoms with Crippen LogP contribution in [0.15, 0.2) is 91.0 Å². The van der Waals surface area contributed by atoms with Gasteiger partial charge in [-0.2, -0.15) is 0 Å². The summed E-state index contributed by atoms with van der Waals surface area (Å²) >= 11 is 0. The molecule has 4 atom stereocenters. The van der Waals surface area contributed by atoms with Crippen molar-refractivity contribution in [1.82, 2.24) is 15.5 Å². The first-order valence-electron chi connectivity index (χ1n) is 16.3. The summed E-state index contributed by atoms with van der Waals surface area (Å²) in [5, 5.41) is 15.4. The number of carbonyl (C=O) groups is 5. The van der Waals surface area contributed by atoms with Crippen LogP contribution in [-0.2, 0) is 36.8 Å². The Hall–Kier alpha value is -5.03. The third-order valence-electron chi connectivity index (χ3n) is 8.50. The van der Waals surface area contributed by atoms with Gasteiger partial charge in [0.25, 0.3) is 0 Å². The number of benzene rings is 3. The first-order valence-corrected chi connectivity index (χ1v) is 16.3. The zero-order valence-corrected chi connectivity index (χ0v) is 27.2. The number of aliphatic carboxylic acids is 1.